The highest BCUT2D eigenvalue weighted by atomic mass is 14.8. The molecular formula is C14H17N. The maximum atomic E-state index is 3.31. The second-order valence-electron chi connectivity index (χ2n) is 4.11. The predicted molar refractivity (Wildman–Crippen MR) is 67.7 cm³/mol. The minimum atomic E-state index is 1.26. The molecule has 0 saturated carbocycles. The Kier molecular flexibility index (Phi) is 2.39. The Morgan fingerprint density at radius 1 is 0.867 bits per heavy atom. The van der Waals surface area contributed by atoms with Gasteiger partial charge in [-0.25, -0.2) is 0 Å². The Labute approximate surface area is 91.1 Å². The zero-order valence-electron chi connectivity index (χ0n) is 9.81. The van der Waals surface area contributed by atoms with Crippen LogP contribution in [-0.2, 0) is 0 Å². The normalized spacial score (nSPS) is 10.7. The van der Waals surface area contributed by atoms with Crippen LogP contribution in [0, 0.1) is 20.8 Å². The molecule has 2 aromatic rings. The third-order valence-corrected chi connectivity index (χ3v) is 3.18. The maximum absolute atomic E-state index is 3.31. The van der Waals surface area contributed by atoms with Gasteiger partial charge in [-0.05, 0) is 42.8 Å². The van der Waals surface area contributed by atoms with Crippen LogP contribution in [0.1, 0.15) is 16.7 Å². The number of aryl methyl sites for hydroxylation is 3. The van der Waals surface area contributed by atoms with E-state index in [0.29, 0.717) is 0 Å². The minimum Gasteiger partial charge on any atom is -0.387 e. The zero-order chi connectivity index (χ0) is 11.0. The van der Waals surface area contributed by atoms with Crippen molar-refractivity contribution in [1.82, 2.24) is 0 Å². The molecule has 0 saturated heterocycles. The lowest BCUT2D eigenvalue weighted by Crippen LogP contribution is -1.95. The van der Waals surface area contributed by atoms with Gasteiger partial charge in [0.1, 0.15) is 0 Å². The summed E-state index contributed by atoms with van der Waals surface area (Å²) in [6, 6.07) is 8.74. The molecular weight excluding hydrogens is 182 g/mol. The monoisotopic (exact) mass is 199 g/mol. The van der Waals surface area contributed by atoms with Gasteiger partial charge in [0.2, 0.25) is 0 Å². The van der Waals surface area contributed by atoms with Gasteiger partial charge in [-0.2, -0.15) is 0 Å². The third-order valence-electron chi connectivity index (χ3n) is 3.18. The molecule has 0 atom stereocenters. The van der Waals surface area contributed by atoms with Gasteiger partial charge in [0, 0.05) is 18.1 Å². The van der Waals surface area contributed by atoms with Crippen molar-refractivity contribution in [1.29, 1.82) is 0 Å². The summed E-state index contributed by atoms with van der Waals surface area (Å²) in [5, 5.41) is 5.98. The number of hydrogen-bond acceptors (Lipinski definition) is 1. The van der Waals surface area contributed by atoms with E-state index < -0.39 is 0 Å². The van der Waals surface area contributed by atoms with Crippen LogP contribution in [-0.4, -0.2) is 7.05 Å². The van der Waals surface area contributed by atoms with Crippen molar-refractivity contribution in [2.45, 2.75) is 20.8 Å². The quantitative estimate of drug-likeness (QED) is 0.736. The Morgan fingerprint density at radius 3 is 2.07 bits per heavy atom. The molecule has 15 heavy (non-hydrogen) atoms. The summed E-state index contributed by atoms with van der Waals surface area (Å²) < 4.78 is 0. The Morgan fingerprint density at radius 2 is 1.47 bits per heavy atom. The van der Waals surface area contributed by atoms with Crippen molar-refractivity contribution in [3.8, 4) is 0 Å². The molecule has 1 N–H and O–H groups in total. The lowest BCUT2D eigenvalue weighted by Gasteiger charge is -2.13. The molecule has 0 aromatic heterocycles. The van der Waals surface area contributed by atoms with Crippen LogP contribution in [0.5, 0.6) is 0 Å². The number of benzene rings is 2. The third kappa shape index (κ3) is 1.48. The highest BCUT2D eigenvalue weighted by Crippen LogP contribution is 2.31. The second-order valence-corrected chi connectivity index (χ2v) is 4.11. The van der Waals surface area contributed by atoms with Crippen LogP contribution < -0.4 is 5.32 Å². The van der Waals surface area contributed by atoms with Crippen LogP contribution in [0.4, 0.5) is 5.69 Å². The minimum absolute atomic E-state index is 1.26. The summed E-state index contributed by atoms with van der Waals surface area (Å²) in [6.07, 6.45) is 0. The first kappa shape index (κ1) is 10.0. The van der Waals surface area contributed by atoms with Crippen molar-refractivity contribution in [2.24, 2.45) is 0 Å². The van der Waals surface area contributed by atoms with Crippen molar-refractivity contribution < 1.29 is 0 Å². The van der Waals surface area contributed by atoms with E-state index in [-0.39, 0.29) is 0 Å². The van der Waals surface area contributed by atoms with Gasteiger partial charge in [0.25, 0.3) is 0 Å². The van der Waals surface area contributed by atoms with Gasteiger partial charge < -0.3 is 5.32 Å². The molecule has 78 valence electrons. The lowest BCUT2D eigenvalue weighted by molar-refractivity contribution is 1.36. The molecule has 0 bridgehead atoms. The van der Waals surface area contributed by atoms with E-state index in [0.717, 1.165) is 0 Å². The highest BCUT2D eigenvalue weighted by molar-refractivity contribution is 5.98. The SMILES string of the molecule is CNc1c(C)ccc2ccc(C)c(C)c12. The summed E-state index contributed by atoms with van der Waals surface area (Å²) in [5.41, 5.74) is 5.29. The van der Waals surface area contributed by atoms with E-state index in [4.69, 9.17) is 0 Å². The predicted octanol–water partition coefficient (Wildman–Crippen LogP) is 3.81. The number of nitrogens with one attached hydrogen (secondary N) is 1. The largest absolute Gasteiger partial charge is 0.387 e. The van der Waals surface area contributed by atoms with Crippen LogP contribution in [0.25, 0.3) is 10.8 Å². The standard InChI is InChI=1S/C14H17N/c1-9-5-7-12-8-6-10(2)14(15-4)13(12)11(9)3/h5-8,15H,1-4H3. The molecule has 2 aromatic carbocycles. The summed E-state index contributed by atoms with van der Waals surface area (Å²) in [5.74, 6) is 0. The number of fused-ring (bicyclic) bond motifs is 1. The van der Waals surface area contributed by atoms with Crippen LogP contribution >= 0.6 is 0 Å². The second kappa shape index (κ2) is 3.58. The van der Waals surface area contributed by atoms with Gasteiger partial charge in [0.05, 0.1) is 0 Å². The average molecular weight is 199 g/mol. The summed E-state index contributed by atoms with van der Waals surface area (Å²) in [7, 11) is 1.99. The van der Waals surface area contributed by atoms with Gasteiger partial charge in [-0.3, -0.25) is 0 Å². The maximum Gasteiger partial charge on any atom is 0.0449 e. The van der Waals surface area contributed by atoms with Crippen molar-refractivity contribution >= 4 is 16.5 Å². The number of rotatable bonds is 1. The molecule has 0 aliphatic rings. The first-order chi connectivity index (χ1) is 7.15. The van der Waals surface area contributed by atoms with E-state index in [1.54, 1.807) is 0 Å². The van der Waals surface area contributed by atoms with E-state index >= 15 is 0 Å². The van der Waals surface area contributed by atoms with E-state index in [1.165, 1.54) is 33.2 Å². The molecule has 2 rings (SSSR count). The zero-order valence-corrected chi connectivity index (χ0v) is 9.81. The molecule has 0 heterocycles. The van der Waals surface area contributed by atoms with Crippen molar-refractivity contribution in [3.05, 3.63) is 41.0 Å². The summed E-state index contributed by atoms with van der Waals surface area (Å²) in [4.78, 5) is 0. The van der Waals surface area contributed by atoms with Crippen LogP contribution in [0.2, 0.25) is 0 Å². The molecule has 0 fully saturated rings. The van der Waals surface area contributed by atoms with Gasteiger partial charge in [0.15, 0.2) is 0 Å². The Bertz CT molecular complexity index is 507. The van der Waals surface area contributed by atoms with E-state index in [1.807, 2.05) is 7.05 Å². The first-order valence-electron chi connectivity index (χ1n) is 5.32. The molecule has 0 amide bonds. The summed E-state index contributed by atoms with van der Waals surface area (Å²) in [6.45, 7) is 6.50. The highest BCUT2D eigenvalue weighted by Gasteiger charge is 2.06. The van der Waals surface area contributed by atoms with Crippen LogP contribution in [0.15, 0.2) is 24.3 Å². The number of anilines is 1. The molecule has 0 aliphatic heterocycles. The lowest BCUT2D eigenvalue weighted by atomic mass is 9.97. The van der Waals surface area contributed by atoms with Gasteiger partial charge >= 0.3 is 0 Å². The fourth-order valence-corrected chi connectivity index (χ4v) is 2.12. The number of hydrogen-bond donors (Lipinski definition) is 1. The van der Waals surface area contributed by atoms with E-state index in [2.05, 4.69) is 50.4 Å². The average Bonchev–Trinajstić information content (AvgIpc) is 2.24. The molecule has 1 heteroatoms. The fraction of sp³-hybridized carbons (Fsp3) is 0.286. The Hall–Kier alpha value is -1.50. The van der Waals surface area contributed by atoms with Crippen LogP contribution in [0.3, 0.4) is 0 Å². The Balaban J connectivity index is 2.94. The van der Waals surface area contributed by atoms with Gasteiger partial charge in [-0.15, -0.1) is 0 Å². The van der Waals surface area contributed by atoms with E-state index in [9.17, 15) is 0 Å². The van der Waals surface area contributed by atoms with Crippen molar-refractivity contribution in [2.75, 3.05) is 12.4 Å². The fourth-order valence-electron chi connectivity index (χ4n) is 2.12. The molecule has 0 unspecified atom stereocenters. The molecule has 0 spiro atoms. The van der Waals surface area contributed by atoms with Crippen molar-refractivity contribution in [3.63, 3.8) is 0 Å². The topological polar surface area (TPSA) is 12.0 Å². The van der Waals surface area contributed by atoms with Gasteiger partial charge in [-0.1, -0.05) is 24.3 Å². The molecule has 1 nitrogen and oxygen atoms in total. The summed E-state index contributed by atoms with van der Waals surface area (Å²) >= 11 is 0. The molecule has 0 aliphatic carbocycles. The molecule has 0 radical (unpaired) electrons. The first-order valence-corrected chi connectivity index (χ1v) is 5.32. The smallest absolute Gasteiger partial charge is 0.0449 e.